The molecule has 0 spiro atoms. The van der Waals surface area contributed by atoms with Gasteiger partial charge < -0.3 is 4.74 Å². The van der Waals surface area contributed by atoms with Crippen LogP contribution < -0.4 is 5.32 Å². The van der Waals surface area contributed by atoms with Crippen LogP contribution in [-0.2, 0) is 9.53 Å². The Hall–Kier alpha value is -1.09. The van der Waals surface area contributed by atoms with E-state index in [0.717, 1.165) is 44.2 Å². The maximum atomic E-state index is 12.1. The zero-order valence-electron chi connectivity index (χ0n) is 13.5. The number of methoxy groups -OCH3 is 1. The van der Waals surface area contributed by atoms with Crippen LogP contribution in [0, 0.1) is 6.92 Å². The second kappa shape index (κ2) is 8.52. The van der Waals surface area contributed by atoms with E-state index in [2.05, 4.69) is 32.2 Å². The van der Waals surface area contributed by atoms with Gasteiger partial charge in [0.05, 0.1) is 13.2 Å². The molecule has 22 heavy (non-hydrogen) atoms. The number of carbonyl (C=O) groups is 1. The summed E-state index contributed by atoms with van der Waals surface area (Å²) in [6.45, 7) is 8.99. The third-order valence-corrected chi connectivity index (χ3v) is 4.64. The van der Waals surface area contributed by atoms with Gasteiger partial charge in [-0.05, 0) is 13.3 Å². The van der Waals surface area contributed by atoms with Gasteiger partial charge in [-0.1, -0.05) is 18.3 Å². The van der Waals surface area contributed by atoms with Crippen LogP contribution in [0.2, 0.25) is 0 Å². The highest BCUT2D eigenvalue weighted by Gasteiger charge is 2.26. The summed E-state index contributed by atoms with van der Waals surface area (Å²) in [6, 6.07) is 0.487. The van der Waals surface area contributed by atoms with Crippen LogP contribution in [0.3, 0.4) is 0 Å². The van der Waals surface area contributed by atoms with Crippen LogP contribution in [-0.4, -0.2) is 78.4 Å². The second-order valence-electron chi connectivity index (χ2n) is 5.50. The summed E-state index contributed by atoms with van der Waals surface area (Å²) in [6.07, 6.45) is 1.08. The summed E-state index contributed by atoms with van der Waals surface area (Å²) in [5.41, 5.74) is 0. The van der Waals surface area contributed by atoms with Gasteiger partial charge in [-0.25, -0.2) is 0 Å². The average Bonchev–Trinajstić information content (AvgIpc) is 2.90. The van der Waals surface area contributed by atoms with Crippen LogP contribution in [0.5, 0.6) is 0 Å². The van der Waals surface area contributed by atoms with E-state index in [1.807, 2.05) is 6.92 Å². The van der Waals surface area contributed by atoms with Gasteiger partial charge in [0, 0.05) is 39.3 Å². The molecule has 1 saturated heterocycles. The van der Waals surface area contributed by atoms with Crippen molar-refractivity contribution in [3.05, 3.63) is 5.01 Å². The number of aromatic nitrogens is 2. The fraction of sp³-hybridized carbons (Fsp3) is 0.786. The molecule has 1 atom stereocenters. The third-order valence-electron chi connectivity index (χ3n) is 3.88. The molecule has 8 heteroatoms. The van der Waals surface area contributed by atoms with Crippen molar-refractivity contribution in [2.24, 2.45) is 0 Å². The van der Waals surface area contributed by atoms with Crippen molar-refractivity contribution in [1.29, 1.82) is 0 Å². The van der Waals surface area contributed by atoms with E-state index in [1.165, 1.54) is 11.3 Å². The number of carbonyl (C=O) groups excluding carboxylic acids is 1. The van der Waals surface area contributed by atoms with E-state index in [4.69, 9.17) is 4.74 Å². The van der Waals surface area contributed by atoms with E-state index in [9.17, 15) is 4.79 Å². The molecule has 0 unspecified atom stereocenters. The molecule has 2 rings (SSSR count). The number of hydrogen-bond acceptors (Lipinski definition) is 7. The fourth-order valence-corrected chi connectivity index (χ4v) is 3.31. The number of hydrogen-bond donors (Lipinski definition) is 1. The Morgan fingerprint density at radius 3 is 2.91 bits per heavy atom. The molecule has 1 N–H and O–H groups in total. The van der Waals surface area contributed by atoms with Crippen molar-refractivity contribution in [2.45, 2.75) is 26.3 Å². The third kappa shape index (κ3) is 4.98. The van der Waals surface area contributed by atoms with Crippen molar-refractivity contribution in [2.75, 3.05) is 51.8 Å². The minimum Gasteiger partial charge on any atom is -0.383 e. The Bertz CT molecular complexity index is 482. The molecule has 0 saturated carbocycles. The highest BCUT2D eigenvalue weighted by Crippen LogP contribution is 2.15. The monoisotopic (exact) mass is 327 g/mol. The van der Waals surface area contributed by atoms with Crippen molar-refractivity contribution in [3.63, 3.8) is 0 Å². The number of nitrogens with zero attached hydrogens (tertiary/aromatic N) is 4. The summed E-state index contributed by atoms with van der Waals surface area (Å²) in [4.78, 5) is 16.8. The molecule has 124 valence electrons. The van der Waals surface area contributed by atoms with Gasteiger partial charge >= 0.3 is 0 Å². The first-order valence-electron chi connectivity index (χ1n) is 7.67. The first kappa shape index (κ1) is 17.3. The molecule has 1 amide bonds. The van der Waals surface area contributed by atoms with E-state index >= 15 is 0 Å². The van der Waals surface area contributed by atoms with Gasteiger partial charge in [0.1, 0.15) is 5.01 Å². The molecule has 0 aromatic carbocycles. The lowest BCUT2D eigenvalue weighted by molar-refractivity contribution is -0.118. The van der Waals surface area contributed by atoms with Crippen molar-refractivity contribution >= 4 is 22.4 Å². The number of rotatable bonds is 7. The standard InChI is InChI=1S/C14H25N5O2S/c1-4-12-9-18(5-6-19(12)7-8-21-3)10-13(20)15-14-17-16-11(2)22-14/h12H,4-10H2,1-3H3,(H,15,17,20)/t12-/m1/s1. The van der Waals surface area contributed by atoms with Gasteiger partial charge in [-0.3, -0.25) is 19.9 Å². The SMILES string of the molecule is CC[C@@H]1CN(CC(=O)Nc2nnc(C)s2)CCN1CCOC. The summed E-state index contributed by atoms with van der Waals surface area (Å²) < 4.78 is 5.17. The van der Waals surface area contributed by atoms with Crippen LogP contribution >= 0.6 is 11.3 Å². The minimum absolute atomic E-state index is 0.0173. The molecule has 0 aliphatic carbocycles. The number of anilines is 1. The minimum atomic E-state index is -0.0173. The first-order chi connectivity index (χ1) is 10.6. The van der Waals surface area contributed by atoms with E-state index < -0.39 is 0 Å². The number of amides is 1. The fourth-order valence-electron chi connectivity index (χ4n) is 2.70. The number of piperazine rings is 1. The van der Waals surface area contributed by atoms with Crippen molar-refractivity contribution in [1.82, 2.24) is 20.0 Å². The number of aryl methyl sites for hydroxylation is 1. The number of ether oxygens (including phenoxy) is 1. The van der Waals surface area contributed by atoms with E-state index in [0.29, 0.717) is 17.7 Å². The Morgan fingerprint density at radius 2 is 2.27 bits per heavy atom. The molecular formula is C14H25N5O2S. The normalized spacial score (nSPS) is 20.2. The molecule has 7 nitrogen and oxygen atoms in total. The molecular weight excluding hydrogens is 302 g/mol. The van der Waals surface area contributed by atoms with Crippen molar-refractivity contribution in [3.8, 4) is 0 Å². The van der Waals surface area contributed by atoms with Crippen LogP contribution in [0.4, 0.5) is 5.13 Å². The van der Waals surface area contributed by atoms with Gasteiger partial charge in [0.15, 0.2) is 0 Å². The topological polar surface area (TPSA) is 70.6 Å². The van der Waals surface area contributed by atoms with Crippen LogP contribution in [0.25, 0.3) is 0 Å². The zero-order chi connectivity index (χ0) is 15.9. The summed E-state index contributed by atoms with van der Waals surface area (Å²) >= 11 is 1.40. The largest absolute Gasteiger partial charge is 0.383 e. The van der Waals surface area contributed by atoms with Gasteiger partial charge in [-0.2, -0.15) is 0 Å². The Kier molecular flexibility index (Phi) is 6.69. The van der Waals surface area contributed by atoms with E-state index in [1.54, 1.807) is 7.11 Å². The van der Waals surface area contributed by atoms with Gasteiger partial charge in [0.25, 0.3) is 0 Å². The highest BCUT2D eigenvalue weighted by atomic mass is 32.1. The second-order valence-corrected chi connectivity index (χ2v) is 6.68. The van der Waals surface area contributed by atoms with Gasteiger partial charge in [-0.15, -0.1) is 10.2 Å². The summed E-state index contributed by atoms with van der Waals surface area (Å²) in [5, 5.41) is 12.1. The molecule has 1 aromatic rings. The Labute approximate surface area is 135 Å². The molecule has 1 aliphatic heterocycles. The first-order valence-corrected chi connectivity index (χ1v) is 8.49. The van der Waals surface area contributed by atoms with Crippen LogP contribution in [0.15, 0.2) is 0 Å². The molecule has 1 aromatic heterocycles. The smallest absolute Gasteiger partial charge is 0.240 e. The quantitative estimate of drug-likeness (QED) is 0.800. The van der Waals surface area contributed by atoms with Crippen LogP contribution in [0.1, 0.15) is 18.4 Å². The zero-order valence-corrected chi connectivity index (χ0v) is 14.4. The lowest BCUT2D eigenvalue weighted by atomic mass is 10.1. The summed E-state index contributed by atoms with van der Waals surface area (Å²) in [5.74, 6) is -0.0173. The molecule has 2 heterocycles. The number of nitrogens with one attached hydrogen (secondary N) is 1. The average molecular weight is 327 g/mol. The maximum absolute atomic E-state index is 12.1. The predicted octanol–water partition coefficient (Wildman–Crippen LogP) is 0.828. The Morgan fingerprint density at radius 1 is 1.45 bits per heavy atom. The highest BCUT2D eigenvalue weighted by molar-refractivity contribution is 7.15. The van der Waals surface area contributed by atoms with Gasteiger partial charge in [0.2, 0.25) is 11.0 Å². The molecule has 1 aliphatic rings. The molecule has 1 fully saturated rings. The van der Waals surface area contributed by atoms with E-state index in [-0.39, 0.29) is 5.91 Å². The van der Waals surface area contributed by atoms with Crippen molar-refractivity contribution < 1.29 is 9.53 Å². The lowest BCUT2D eigenvalue weighted by Gasteiger charge is -2.40. The molecule has 0 bridgehead atoms. The Balaban J connectivity index is 1.80. The maximum Gasteiger partial charge on any atom is 0.240 e. The lowest BCUT2D eigenvalue weighted by Crippen LogP contribution is -2.54. The predicted molar refractivity (Wildman–Crippen MR) is 87.2 cm³/mol. The summed E-state index contributed by atoms with van der Waals surface area (Å²) in [7, 11) is 1.73. The molecule has 0 radical (unpaired) electrons.